The van der Waals surface area contributed by atoms with E-state index in [9.17, 15) is 14.7 Å². The van der Waals surface area contributed by atoms with Crippen LogP contribution in [0.25, 0.3) is 0 Å². The van der Waals surface area contributed by atoms with Crippen LogP contribution in [-0.2, 0) is 35.4 Å². The molecule has 7 nitrogen and oxygen atoms in total. The molecule has 0 unspecified atom stereocenters. The van der Waals surface area contributed by atoms with Gasteiger partial charge in [-0.1, -0.05) is 24.3 Å². The molecule has 0 radical (unpaired) electrons. The molecule has 2 heterocycles. The Labute approximate surface area is 169 Å². The molecule has 0 saturated heterocycles. The molecule has 5 rings (SSSR count). The predicted molar refractivity (Wildman–Crippen MR) is 106 cm³/mol. The highest BCUT2D eigenvalue weighted by Crippen LogP contribution is 2.31. The number of rotatable bonds is 3. The van der Waals surface area contributed by atoms with Crippen LogP contribution in [0.15, 0.2) is 30.5 Å². The fourth-order valence-electron chi connectivity index (χ4n) is 5.09. The van der Waals surface area contributed by atoms with Crippen molar-refractivity contribution >= 4 is 11.8 Å². The summed E-state index contributed by atoms with van der Waals surface area (Å²) in [7, 11) is 0. The monoisotopic (exact) mass is 394 g/mol. The number of carbonyl (C=O) groups excluding carboxylic acids is 2. The molecule has 152 valence electrons. The Morgan fingerprint density at radius 3 is 2.62 bits per heavy atom. The Morgan fingerprint density at radius 1 is 1.10 bits per heavy atom. The van der Waals surface area contributed by atoms with Crippen LogP contribution in [-0.4, -0.2) is 50.7 Å². The Hall–Kier alpha value is -2.67. The molecule has 2 amide bonds. The first kappa shape index (κ1) is 18.4. The topological polar surface area (TPSA) is 98.3 Å². The molecule has 1 aliphatic heterocycles. The highest BCUT2D eigenvalue weighted by molar-refractivity contribution is 5.82. The van der Waals surface area contributed by atoms with E-state index in [1.807, 2.05) is 17.0 Å². The number of aliphatic hydroxyl groups is 1. The molecule has 29 heavy (non-hydrogen) atoms. The Morgan fingerprint density at radius 2 is 1.86 bits per heavy atom. The minimum absolute atomic E-state index is 0.0145. The van der Waals surface area contributed by atoms with Crippen molar-refractivity contribution in [1.82, 2.24) is 20.4 Å². The van der Waals surface area contributed by atoms with Crippen LogP contribution in [0.3, 0.4) is 0 Å². The number of hydrogen-bond acceptors (Lipinski definition) is 4. The van der Waals surface area contributed by atoms with E-state index in [0.29, 0.717) is 25.9 Å². The summed E-state index contributed by atoms with van der Waals surface area (Å²) in [5, 5.41) is 20.6. The molecule has 7 heteroatoms. The number of amides is 2. The maximum atomic E-state index is 13.0. The zero-order valence-electron chi connectivity index (χ0n) is 16.3. The van der Waals surface area contributed by atoms with Gasteiger partial charge in [0.2, 0.25) is 11.8 Å². The van der Waals surface area contributed by atoms with Gasteiger partial charge >= 0.3 is 0 Å². The summed E-state index contributed by atoms with van der Waals surface area (Å²) < 4.78 is 0. The van der Waals surface area contributed by atoms with E-state index in [-0.39, 0.29) is 29.7 Å². The summed E-state index contributed by atoms with van der Waals surface area (Å²) in [5.41, 5.74) is 4.63. The lowest BCUT2D eigenvalue weighted by Crippen LogP contribution is -2.43. The van der Waals surface area contributed by atoms with Gasteiger partial charge in [0.05, 0.1) is 18.3 Å². The summed E-state index contributed by atoms with van der Waals surface area (Å²) in [6, 6.07) is 7.80. The third kappa shape index (κ3) is 3.44. The van der Waals surface area contributed by atoms with Gasteiger partial charge in [-0.3, -0.25) is 14.7 Å². The molecule has 3 atom stereocenters. The number of aromatic amines is 1. The van der Waals surface area contributed by atoms with Crippen molar-refractivity contribution in [2.24, 2.45) is 11.8 Å². The van der Waals surface area contributed by atoms with Crippen LogP contribution in [0.5, 0.6) is 0 Å². The standard InChI is InChI=1S/C22H26N4O3/c27-20-10-16(22(29)26-6-5-18-17(12-26)11-23-25-18)9-19(20)24-21(28)15-7-13-3-1-2-4-14(13)8-15/h1-4,11,15-16,19-20,27H,5-10,12H2,(H,23,25)(H,24,28)/t16-,19-,20-/m0/s1. The highest BCUT2D eigenvalue weighted by Gasteiger charge is 2.41. The summed E-state index contributed by atoms with van der Waals surface area (Å²) in [6.45, 7) is 1.23. The van der Waals surface area contributed by atoms with E-state index in [1.54, 1.807) is 6.20 Å². The van der Waals surface area contributed by atoms with Crippen molar-refractivity contribution < 1.29 is 14.7 Å². The smallest absolute Gasteiger partial charge is 0.226 e. The van der Waals surface area contributed by atoms with E-state index in [2.05, 4.69) is 27.6 Å². The highest BCUT2D eigenvalue weighted by atomic mass is 16.3. The first-order valence-electron chi connectivity index (χ1n) is 10.4. The zero-order chi connectivity index (χ0) is 20.0. The lowest BCUT2D eigenvalue weighted by atomic mass is 10.0. The fourth-order valence-corrected chi connectivity index (χ4v) is 5.09. The molecule has 0 bridgehead atoms. The van der Waals surface area contributed by atoms with Crippen LogP contribution < -0.4 is 5.32 Å². The summed E-state index contributed by atoms with van der Waals surface area (Å²) in [5.74, 6) is -0.277. The molecule has 0 spiro atoms. The van der Waals surface area contributed by atoms with E-state index < -0.39 is 6.10 Å². The minimum Gasteiger partial charge on any atom is -0.391 e. The second-order valence-electron chi connectivity index (χ2n) is 8.61. The molecular formula is C22H26N4O3. The van der Waals surface area contributed by atoms with Crippen LogP contribution in [0, 0.1) is 11.8 Å². The number of H-pyrrole nitrogens is 1. The number of carbonyl (C=O) groups is 2. The molecule has 3 N–H and O–H groups in total. The van der Waals surface area contributed by atoms with Crippen molar-refractivity contribution in [3.8, 4) is 0 Å². The number of nitrogens with zero attached hydrogens (tertiary/aromatic N) is 2. The zero-order valence-corrected chi connectivity index (χ0v) is 16.3. The van der Waals surface area contributed by atoms with Crippen molar-refractivity contribution in [1.29, 1.82) is 0 Å². The lowest BCUT2D eigenvalue weighted by Gasteiger charge is -2.29. The van der Waals surface area contributed by atoms with Gasteiger partial charge in [0, 0.05) is 42.6 Å². The largest absolute Gasteiger partial charge is 0.391 e. The Bertz CT molecular complexity index is 915. The third-order valence-corrected chi connectivity index (χ3v) is 6.74. The van der Waals surface area contributed by atoms with Crippen LogP contribution in [0.1, 0.15) is 35.2 Å². The number of aromatic nitrogens is 2. The van der Waals surface area contributed by atoms with Gasteiger partial charge in [-0.05, 0) is 36.8 Å². The van der Waals surface area contributed by atoms with Crippen molar-refractivity contribution in [2.75, 3.05) is 6.54 Å². The second kappa shape index (κ2) is 7.30. The SMILES string of the molecule is O=C(N[C@H]1C[C@H](C(=O)N2CCc3[nH]ncc3C2)C[C@@H]1O)C1Cc2ccccc2C1. The fraction of sp³-hybridized carbons (Fsp3) is 0.500. The molecular weight excluding hydrogens is 368 g/mol. The number of nitrogens with one attached hydrogen (secondary N) is 2. The molecule has 1 aromatic carbocycles. The maximum absolute atomic E-state index is 13.0. The van der Waals surface area contributed by atoms with E-state index in [1.165, 1.54) is 11.1 Å². The molecule has 1 saturated carbocycles. The first-order valence-corrected chi connectivity index (χ1v) is 10.4. The first-order chi connectivity index (χ1) is 14.1. The second-order valence-corrected chi connectivity index (χ2v) is 8.61. The van der Waals surface area contributed by atoms with E-state index in [4.69, 9.17) is 0 Å². The quantitative estimate of drug-likeness (QED) is 0.722. The van der Waals surface area contributed by atoms with Crippen LogP contribution in [0.4, 0.5) is 0 Å². The van der Waals surface area contributed by atoms with Gasteiger partial charge < -0.3 is 15.3 Å². The van der Waals surface area contributed by atoms with Gasteiger partial charge in [0.15, 0.2) is 0 Å². The summed E-state index contributed by atoms with van der Waals surface area (Å²) >= 11 is 0. The average molecular weight is 394 g/mol. The van der Waals surface area contributed by atoms with Gasteiger partial charge in [-0.25, -0.2) is 0 Å². The molecule has 1 fully saturated rings. The van der Waals surface area contributed by atoms with E-state index >= 15 is 0 Å². The average Bonchev–Trinajstić information content (AvgIpc) is 3.45. The molecule has 1 aromatic heterocycles. The Kier molecular flexibility index (Phi) is 4.62. The van der Waals surface area contributed by atoms with Crippen LogP contribution in [0.2, 0.25) is 0 Å². The van der Waals surface area contributed by atoms with Gasteiger partial charge in [-0.15, -0.1) is 0 Å². The van der Waals surface area contributed by atoms with Crippen molar-refractivity contribution in [2.45, 2.75) is 50.8 Å². The van der Waals surface area contributed by atoms with Gasteiger partial charge in [-0.2, -0.15) is 5.10 Å². The molecule has 2 aromatic rings. The van der Waals surface area contributed by atoms with Crippen LogP contribution >= 0.6 is 0 Å². The summed E-state index contributed by atoms with van der Waals surface area (Å²) in [4.78, 5) is 27.6. The number of hydrogen-bond donors (Lipinski definition) is 3. The number of aliphatic hydroxyl groups excluding tert-OH is 1. The summed E-state index contributed by atoms with van der Waals surface area (Å²) in [6.07, 6.45) is 4.27. The van der Waals surface area contributed by atoms with Crippen molar-refractivity contribution in [3.63, 3.8) is 0 Å². The Balaban J connectivity index is 1.18. The van der Waals surface area contributed by atoms with E-state index in [0.717, 1.165) is 30.5 Å². The number of fused-ring (bicyclic) bond motifs is 2. The van der Waals surface area contributed by atoms with Gasteiger partial charge in [0.1, 0.15) is 0 Å². The lowest BCUT2D eigenvalue weighted by molar-refractivity contribution is -0.136. The third-order valence-electron chi connectivity index (χ3n) is 6.74. The molecule has 2 aliphatic carbocycles. The normalized spacial score (nSPS) is 26.2. The van der Waals surface area contributed by atoms with Gasteiger partial charge in [0.25, 0.3) is 0 Å². The predicted octanol–water partition coefficient (Wildman–Crippen LogP) is 0.965. The number of benzene rings is 1. The van der Waals surface area contributed by atoms with Crippen molar-refractivity contribution in [3.05, 3.63) is 52.8 Å². The molecule has 3 aliphatic rings. The minimum atomic E-state index is -0.675. The maximum Gasteiger partial charge on any atom is 0.226 e.